The van der Waals surface area contributed by atoms with Crippen molar-refractivity contribution in [1.82, 2.24) is 5.32 Å². The van der Waals surface area contributed by atoms with Gasteiger partial charge in [0.05, 0.1) is 23.0 Å². The number of nitriles is 1. The molecule has 0 unspecified atom stereocenters. The molecule has 0 bridgehead atoms. The molecule has 0 aliphatic carbocycles. The van der Waals surface area contributed by atoms with Crippen LogP contribution < -0.4 is 16.4 Å². The molecule has 0 spiro atoms. The lowest BCUT2D eigenvalue weighted by atomic mass is 10.2. The van der Waals surface area contributed by atoms with Crippen LogP contribution in [0, 0.1) is 11.3 Å². The molecule has 1 aromatic rings. The van der Waals surface area contributed by atoms with Gasteiger partial charge in [-0.05, 0) is 24.6 Å². The predicted molar refractivity (Wildman–Crippen MR) is 62.9 cm³/mol. The summed E-state index contributed by atoms with van der Waals surface area (Å²) in [5, 5.41) is 13.9. The molecule has 1 rings (SSSR count). The lowest BCUT2D eigenvalue weighted by Crippen LogP contribution is -2.29. The molecule has 0 atom stereocenters. The van der Waals surface area contributed by atoms with Crippen molar-refractivity contribution in [2.24, 2.45) is 0 Å². The van der Waals surface area contributed by atoms with Gasteiger partial charge in [-0.3, -0.25) is 0 Å². The normalized spacial score (nSPS) is 9.25. The monoisotopic (exact) mass is 218 g/mol. The Balaban J connectivity index is 2.68. The average Bonchev–Trinajstić information content (AvgIpc) is 2.29. The third-order valence-corrected chi connectivity index (χ3v) is 1.96. The highest BCUT2D eigenvalue weighted by Crippen LogP contribution is 2.19. The Bertz CT molecular complexity index is 422. The first-order valence-corrected chi connectivity index (χ1v) is 5.02. The second-order valence-electron chi connectivity index (χ2n) is 3.29. The van der Waals surface area contributed by atoms with Gasteiger partial charge in [0.1, 0.15) is 0 Å². The van der Waals surface area contributed by atoms with Crippen molar-refractivity contribution in [2.45, 2.75) is 13.3 Å². The van der Waals surface area contributed by atoms with E-state index in [4.69, 9.17) is 11.0 Å². The van der Waals surface area contributed by atoms with Crippen LogP contribution in [0.15, 0.2) is 18.2 Å². The van der Waals surface area contributed by atoms with Crippen molar-refractivity contribution in [3.63, 3.8) is 0 Å². The number of hydrogen-bond acceptors (Lipinski definition) is 3. The van der Waals surface area contributed by atoms with Gasteiger partial charge in [0, 0.05) is 6.54 Å². The molecule has 4 N–H and O–H groups in total. The van der Waals surface area contributed by atoms with Crippen LogP contribution in [0.5, 0.6) is 0 Å². The molecule has 1 aromatic carbocycles. The second-order valence-corrected chi connectivity index (χ2v) is 3.29. The summed E-state index contributed by atoms with van der Waals surface area (Å²) in [7, 11) is 0. The standard InChI is InChI=1S/C11H14N4O/c1-2-5-14-11(16)15-10-4-3-8(7-12)6-9(10)13/h3-4,6H,2,5,13H2,1H3,(H2,14,15,16). The molecule has 0 fully saturated rings. The zero-order valence-corrected chi connectivity index (χ0v) is 9.08. The van der Waals surface area contributed by atoms with Crippen molar-refractivity contribution in [1.29, 1.82) is 5.26 Å². The van der Waals surface area contributed by atoms with Gasteiger partial charge in [-0.1, -0.05) is 6.92 Å². The summed E-state index contributed by atoms with van der Waals surface area (Å²) in [5.41, 5.74) is 7.04. The number of carbonyl (C=O) groups is 1. The summed E-state index contributed by atoms with van der Waals surface area (Å²) in [6, 6.07) is 6.42. The van der Waals surface area contributed by atoms with Crippen LogP contribution in [0.1, 0.15) is 18.9 Å². The Morgan fingerprint density at radius 2 is 2.31 bits per heavy atom. The van der Waals surface area contributed by atoms with Crippen molar-refractivity contribution < 1.29 is 4.79 Å². The number of hydrogen-bond donors (Lipinski definition) is 3. The number of benzene rings is 1. The first kappa shape index (κ1) is 11.9. The molecule has 0 saturated carbocycles. The maximum atomic E-state index is 11.3. The number of carbonyl (C=O) groups excluding carboxylic acids is 1. The molecule has 5 nitrogen and oxygen atoms in total. The SMILES string of the molecule is CCCNC(=O)Nc1ccc(C#N)cc1N. The van der Waals surface area contributed by atoms with Crippen LogP contribution in [0.4, 0.5) is 16.2 Å². The highest BCUT2D eigenvalue weighted by atomic mass is 16.2. The third kappa shape index (κ3) is 3.17. The number of anilines is 2. The fourth-order valence-electron chi connectivity index (χ4n) is 1.15. The minimum Gasteiger partial charge on any atom is -0.397 e. The number of nitrogens with two attached hydrogens (primary N) is 1. The molecule has 0 saturated heterocycles. The van der Waals surface area contributed by atoms with Gasteiger partial charge in [0.25, 0.3) is 0 Å². The highest BCUT2D eigenvalue weighted by molar-refractivity contribution is 5.92. The number of nitrogens with one attached hydrogen (secondary N) is 2. The zero-order chi connectivity index (χ0) is 12.0. The number of nitrogen functional groups attached to an aromatic ring is 1. The Morgan fingerprint density at radius 1 is 1.56 bits per heavy atom. The van der Waals surface area contributed by atoms with Gasteiger partial charge in [0.15, 0.2) is 0 Å². The number of rotatable bonds is 3. The molecule has 2 amide bonds. The summed E-state index contributed by atoms with van der Waals surface area (Å²) >= 11 is 0. The van der Waals surface area contributed by atoms with Crippen LogP contribution >= 0.6 is 0 Å². The largest absolute Gasteiger partial charge is 0.397 e. The Kier molecular flexibility index (Phi) is 4.16. The van der Waals surface area contributed by atoms with E-state index in [9.17, 15) is 4.79 Å². The maximum absolute atomic E-state index is 11.3. The molecule has 16 heavy (non-hydrogen) atoms. The Hall–Kier alpha value is -2.22. The topological polar surface area (TPSA) is 90.9 Å². The van der Waals surface area contributed by atoms with E-state index in [0.29, 0.717) is 23.5 Å². The minimum absolute atomic E-state index is 0.293. The molecule has 0 aliphatic heterocycles. The summed E-state index contributed by atoms with van der Waals surface area (Å²) < 4.78 is 0. The van der Waals surface area contributed by atoms with E-state index in [0.717, 1.165) is 6.42 Å². The maximum Gasteiger partial charge on any atom is 0.319 e. The number of urea groups is 1. The van der Waals surface area contributed by atoms with E-state index in [1.54, 1.807) is 12.1 Å². The van der Waals surface area contributed by atoms with E-state index in [1.807, 2.05) is 13.0 Å². The van der Waals surface area contributed by atoms with Gasteiger partial charge in [-0.15, -0.1) is 0 Å². The van der Waals surface area contributed by atoms with Crippen molar-refractivity contribution in [3.8, 4) is 6.07 Å². The smallest absolute Gasteiger partial charge is 0.319 e. The van der Waals surface area contributed by atoms with E-state index in [-0.39, 0.29) is 6.03 Å². The van der Waals surface area contributed by atoms with Gasteiger partial charge in [-0.2, -0.15) is 5.26 Å². The molecule has 0 heterocycles. The van der Waals surface area contributed by atoms with Crippen molar-refractivity contribution >= 4 is 17.4 Å². The van der Waals surface area contributed by atoms with Crippen LogP contribution in [-0.2, 0) is 0 Å². The lowest BCUT2D eigenvalue weighted by molar-refractivity contribution is 0.252. The summed E-state index contributed by atoms with van der Waals surface area (Å²) in [6.07, 6.45) is 0.871. The fraction of sp³-hybridized carbons (Fsp3) is 0.273. The Labute approximate surface area is 94.2 Å². The summed E-state index contributed by atoms with van der Waals surface area (Å²) in [6.45, 7) is 2.58. The van der Waals surface area contributed by atoms with Gasteiger partial charge in [-0.25, -0.2) is 4.79 Å². The molecule has 0 aliphatic rings. The molecular formula is C11H14N4O. The highest BCUT2D eigenvalue weighted by Gasteiger charge is 2.04. The molecule has 5 heteroatoms. The molecule has 0 radical (unpaired) electrons. The third-order valence-electron chi connectivity index (χ3n) is 1.96. The van der Waals surface area contributed by atoms with E-state index >= 15 is 0 Å². The molecular weight excluding hydrogens is 204 g/mol. The minimum atomic E-state index is -0.293. The number of nitrogens with zero attached hydrogens (tertiary/aromatic N) is 1. The van der Waals surface area contributed by atoms with Crippen LogP contribution in [0.2, 0.25) is 0 Å². The summed E-state index contributed by atoms with van der Waals surface area (Å²) in [5.74, 6) is 0. The van der Waals surface area contributed by atoms with Gasteiger partial charge in [0.2, 0.25) is 0 Å². The first-order valence-electron chi connectivity index (χ1n) is 5.02. The lowest BCUT2D eigenvalue weighted by Gasteiger charge is -2.08. The van der Waals surface area contributed by atoms with Crippen LogP contribution in [-0.4, -0.2) is 12.6 Å². The van der Waals surface area contributed by atoms with Gasteiger partial charge < -0.3 is 16.4 Å². The Morgan fingerprint density at radius 3 is 2.88 bits per heavy atom. The summed E-state index contributed by atoms with van der Waals surface area (Å²) in [4.78, 5) is 11.3. The quantitative estimate of drug-likeness (QED) is 0.674. The van der Waals surface area contributed by atoms with Crippen molar-refractivity contribution in [2.75, 3.05) is 17.6 Å². The van der Waals surface area contributed by atoms with Gasteiger partial charge >= 0.3 is 6.03 Å². The van der Waals surface area contributed by atoms with E-state index < -0.39 is 0 Å². The average molecular weight is 218 g/mol. The predicted octanol–water partition coefficient (Wildman–Crippen LogP) is 1.67. The van der Waals surface area contributed by atoms with E-state index in [2.05, 4.69) is 10.6 Å². The van der Waals surface area contributed by atoms with Crippen LogP contribution in [0.25, 0.3) is 0 Å². The molecule has 84 valence electrons. The van der Waals surface area contributed by atoms with E-state index in [1.165, 1.54) is 6.07 Å². The fourth-order valence-corrected chi connectivity index (χ4v) is 1.15. The van der Waals surface area contributed by atoms with Crippen LogP contribution in [0.3, 0.4) is 0 Å². The zero-order valence-electron chi connectivity index (χ0n) is 9.08. The second kappa shape index (κ2) is 5.61. The molecule has 0 aromatic heterocycles. The number of amides is 2. The first-order chi connectivity index (χ1) is 7.67. The van der Waals surface area contributed by atoms with Crippen molar-refractivity contribution in [3.05, 3.63) is 23.8 Å².